The maximum atomic E-state index is 12.5. The van der Waals surface area contributed by atoms with Gasteiger partial charge in [-0.15, -0.1) is 0 Å². The third-order valence-corrected chi connectivity index (χ3v) is 4.26. The minimum absolute atomic E-state index is 0.0178. The van der Waals surface area contributed by atoms with Gasteiger partial charge in [-0.2, -0.15) is 0 Å². The van der Waals surface area contributed by atoms with E-state index in [1.807, 2.05) is 0 Å². The van der Waals surface area contributed by atoms with Crippen molar-refractivity contribution in [1.29, 1.82) is 0 Å². The maximum Gasteiger partial charge on any atom is 0.308 e. The first-order valence-corrected chi connectivity index (χ1v) is 9.11. The van der Waals surface area contributed by atoms with E-state index in [9.17, 15) is 19.7 Å². The molecule has 2 rings (SSSR count). The van der Waals surface area contributed by atoms with Crippen molar-refractivity contribution in [2.75, 3.05) is 0 Å². The van der Waals surface area contributed by atoms with Crippen molar-refractivity contribution < 1.29 is 19.2 Å². The molecule has 0 radical (unpaired) electrons. The maximum absolute atomic E-state index is 12.5. The van der Waals surface area contributed by atoms with Crippen molar-refractivity contribution in [2.24, 2.45) is 0 Å². The molecule has 0 aromatic heterocycles. The fourth-order valence-electron chi connectivity index (χ4n) is 2.72. The molecular weight excluding hydrogens is 384 g/mol. The minimum atomic E-state index is -0.900. The van der Waals surface area contributed by atoms with Gasteiger partial charge in [0.2, 0.25) is 5.91 Å². The number of para-hydroxylation sites is 1. The Morgan fingerprint density at radius 3 is 2.43 bits per heavy atom. The number of nitrogens with one attached hydrogen (secondary N) is 1. The normalized spacial score (nSPS) is 11.7. The number of hydrogen-bond acceptors (Lipinski definition) is 5. The number of hydrogen-bond donors (Lipinski definition) is 1. The first-order chi connectivity index (χ1) is 13.3. The van der Waals surface area contributed by atoms with Crippen LogP contribution in [0.4, 0.5) is 5.69 Å². The molecule has 148 valence electrons. The van der Waals surface area contributed by atoms with Crippen LogP contribution in [-0.2, 0) is 20.7 Å². The first-order valence-electron chi connectivity index (χ1n) is 8.73. The number of halogens is 1. The number of rotatable bonds is 8. The zero-order chi connectivity index (χ0) is 20.7. The number of ether oxygens (including phenoxy) is 1. The zero-order valence-electron chi connectivity index (χ0n) is 15.6. The molecule has 0 heterocycles. The third kappa shape index (κ3) is 6.06. The summed E-state index contributed by atoms with van der Waals surface area (Å²) in [5, 5.41) is 14.5. The van der Waals surface area contributed by atoms with Crippen LogP contribution in [0.15, 0.2) is 48.5 Å². The van der Waals surface area contributed by atoms with Gasteiger partial charge in [-0.1, -0.05) is 48.0 Å². The fourth-order valence-corrected chi connectivity index (χ4v) is 2.93. The molecule has 0 fully saturated rings. The highest BCUT2D eigenvalue weighted by molar-refractivity contribution is 6.31. The molecule has 2 aromatic carbocycles. The summed E-state index contributed by atoms with van der Waals surface area (Å²) < 4.78 is 5.14. The second-order valence-corrected chi connectivity index (χ2v) is 6.85. The van der Waals surface area contributed by atoms with Gasteiger partial charge in [0, 0.05) is 11.1 Å². The Labute approximate surface area is 167 Å². The first kappa shape index (κ1) is 21.4. The van der Waals surface area contributed by atoms with E-state index in [1.54, 1.807) is 44.2 Å². The molecule has 0 aliphatic heterocycles. The minimum Gasteiger partial charge on any atom is -0.463 e. The largest absolute Gasteiger partial charge is 0.463 e. The van der Waals surface area contributed by atoms with Crippen LogP contribution >= 0.6 is 11.6 Å². The fraction of sp³-hybridized carbons (Fsp3) is 0.300. The van der Waals surface area contributed by atoms with E-state index in [0.717, 1.165) is 0 Å². The van der Waals surface area contributed by atoms with Crippen molar-refractivity contribution in [1.82, 2.24) is 5.32 Å². The number of amides is 1. The summed E-state index contributed by atoms with van der Waals surface area (Å²) in [6, 6.07) is 12.0. The van der Waals surface area contributed by atoms with Gasteiger partial charge >= 0.3 is 5.97 Å². The molecule has 1 amide bonds. The summed E-state index contributed by atoms with van der Waals surface area (Å²) in [7, 11) is 0. The molecule has 1 N–H and O–H groups in total. The molecule has 0 saturated heterocycles. The van der Waals surface area contributed by atoms with E-state index in [2.05, 4.69) is 5.32 Å². The quantitative estimate of drug-likeness (QED) is 0.407. The van der Waals surface area contributed by atoms with Crippen LogP contribution in [0.5, 0.6) is 0 Å². The summed E-state index contributed by atoms with van der Waals surface area (Å²) in [6.07, 6.45) is -0.578. The number of benzene rings is 2. The highest BCUT2D eigenvalue weighted by Gasteiger charge is 2.26. The molecule has 0 aliphatic rings. The van der Waals surface area contributed by atoms with Crippen LogP contribution in [0.2, 0.25) is 5.02 Å². The Morgan fingerprint density at radius 2 is 1.79 bits per heavy atom. The third-order valence-electron chi connectivity index (χ3n) is 3.89. The molecule has 28 heavy (non-hydrogen) atoms. The van der Waals surface area contributed by atoms with E-state index in [0.29, 0.717) is 10.6 Å². The molecular formula is C20H21ClN2O5. The lowest BCUT2D eigenvalue weighted by atomic mass is 10.0. The van der Waals surface area contributed by atoms with E-state index in [1.165, 1.54) is 18.2 Å². The van der Waals surface area contributed by atoms with Gasteiger partial charge in [0.1, 0.15) is 0 Å². The number of carbonyl (C=O) groups excluding carboxylic acids is 2. The van der Waals surface area contributed by atoms with E-state index in [-0.39, 0.29) is 30.2 Å². The molecule has 0 saturated carbocycles. The van der Waals surface area contributed by atoms with Crippen molar-refractivity contribution in [3.63, 3.8) is 0 Å². The Balaban J connectivity index is 2.26. The van der Waals surface area contributed by atoms with Crippen molar-refractivity contribution in [3.05, 3.63) is 74.8 Å². The molecule has 2 aromatic rings. The summed E-state index contributed by atoms with van der Waals surface area (Å²) in [5.41, 5.74) is 0.677. The molecule has 1 unspecified atom stereocenters. The van der Waals surface area contributed by atoms with Gasteiger partial charge in [0.15, 0.2) is 0 Å². The van der Waals surface area contributed by atoms with Gasteiger partial charge < -0.3 is 10.1 Å². The van der Waals surface area contributed by atoms with Crippen LogP contribution in [0, 0.1) is 10.1 Å². The number of nitrogens with zero attached hydrogens (tertiary/aromatic N) is 1. The van der Waals surface area contributed by atoms with Crippen LogP contribution in [0.1, 0.15) is 37.4 Å². The number of esters is 1. The van der Waals surface area contributed by atoms with Crippen LogP contribution in [0.3, 0.4) is 0 Å². The van der Waals surface area contributed by atoms with Crippen LogP contribution in [-0.4, -0.2) is 22.9 Å². The second-order valence-electron chi connectivity index (χ2n) is 6.45. The SMILES string of the molecule is CC(C)OC(=O)CC(NC(=O)Cc1ccccc1Cl)c1ccccc1[N+](=O)[O-]. The van der Waals surface area contributed by atoms with Gasteiger partial charge in [0.25, 0.3) is 5.69 Å². The average molecular weight is 405 g/mol. The smallest absolute Gasteiger partial charge is 0.308 e. The van der Waals surface area contributed by atoms with Crippen molar-refractivity contribution in [3.8, 4) is 0 Å². The molecule has 0 spiro atoms. The Hall–Kier alpha value is -2.93. The molecule has 8 heteroatoms. The average Bonchev–Trinajstić information content (AvgIpc) is 2.62. The highest BCUT2D eigenvalue weighted by atomic mass is 35.5. The van der Waals surface area contributed by atoms with E-state index >= 15 is 0 Å². The monoisotopic (exact) mass is 404 g/mol. The summed E-state index contributed by atoms with van der Waals surface area (Å²) in [4.78, 5) is 35.5. The van der Waals surface area contributed by atoms with Gasteiger partial charge in [-0.05, 0) is 25.5 Å². The van der Waals surface area contributed by atoms with Gasteiger partial charge in [-0.3, -0.25) is 19.7 Å². The second kappa shape index (κ2) is 9.85. The number of nitro groups is 1. The topological polar surface area (TPSA) is 98.5 Å². The Morgan fingerprint density at radius 1 is 1.14 bits per heavy atom. The summed E-state index contributed by atoms with van der Waals surface area (Å²) in [5.74, 6) is -0.968. The molecule has 0 aliphatic carbocycles. The Bertz CT molecular complexity index is 869. The molecule has 7 nitrogen and oxygen atoms in total. The lowest BCUT2D eigenvalue weighted by Crippen LogP contribution is -2.32. The summed E-state index contributed by atoms with van der Waals surface area (Å²) >= 11 is 6.09. The van der Waals surface area contributed by atoms with Gasteiger partial charge in [0.05, 0.1) is 35.5 Å². The molecule has 0 bridgehead atoms. The van der Waals surface area contributed by atoms with Crippen LogP contribution in [0.25, 0.3) is 0 Å². The predicted octanol–water partition coefficient (Wildman–Crippen LogP) is 3.99. The number of nitro benzene ring substituents is 1. The lowest BCUT2D eigenvalue weighted by molar-refractivity contribution is -0.385. The zero-order valence-corrected chi connectivity index (χ0v) is 16.3. The lowest BCUT2D eigenvalue weighted by Gasteiger charge is -2.19. The molecule has 1 atom stereocenters. The number of carbonyl (C=O) groups is 2. The van der Waals surface area contributed by atoms with E-state index < -0.39 is 22.8 Å². The summed E-state index contributed by atoms with van der Waals surface area (Å²) in [6.45, 7) is 3.40. The van der Waals surface area contributed by atoms with E-state index in [4.69, 9.17) is 16.3 Å². The van der Waals surface area contributed by atoms with Crippen molar-refractivity contribution >= 4 is 29.2 Å². The Kier molecular flexibility index (Phi) is 7.52. The highest BCUT2D eigenvalue weighted by Crippen LogP contribution is 2.28. The van der Waals surface area contributed by atoms with Crippen LogP contribution < -0.4 is 5.32 Å². The standard InChI is InChI=1S/C20H21ClN2O5/c1-13(2)28-20(25)12-17(15-8-4-6-10-18(15)23(26)27)22-19(24)11-14-7-3-5-9-16(14)21/h3-10,13,17H,11-12H2,1-2H3,(H,22,24). The predicted molar refractivity (Wildman–Crippen MR) is 105 cm³/mol. The van der Waals surface area contributed by atoms with Gasteiger partial charge in [-0.25, -0.2) is 0 Å². The van der Waals surface area contributed by atoms with Crippen molar-refractivity contribution in [2.45, 2.75) is 38.8 Å².